The van der Waals surface area contributed by atoms with Crippen molar-refractivity contribution in [1.82, 2.24) is 14.6 Å². The highest BCUT2D eigenvalue weighted by Crippen LogP contribution is 2.36. The molecule has 0 unspecified atom stereocenters. The average molecular weight is 326 g/mol. The van der Waals surface area contributed by atoms with Gasteiger partial charge in [0.25, 0.3) is 0 Å². The summed E-state index contributed by atoms with van der Waals surface area (Å²) in [7, 11) is 1.63. The number of hydrogen-bond acceptors (Lipinski definition) is 5. The van der Waals surface area contributed by atoms with Crippen LogP contribution in [0.15, 0.2) is 18.2 Å². The van der Waals surface area contributed by atoms with Gasteiger partial charge in [-0.1, -0.05) is 38.2 Å². The number of aromatic nitrogens is 3. The molecule has 0 aliphatic carbocycles. The van der Waals surface area contributed by atoms with Crippen molar-refractivity contribution in [3.63, 3.8) is 0 Å². The maximum Gasteiger partial charge on any atom is 0.213 e. The van der Waals surface area contributed by atoms with Gasteiger partial charge in [0.05, 0.1) is 7.11 Å². The Kier molecular flexibility index (Phi) is 3.61. The minimum atomic E-state index is -0.000215. The molecule has 0 saturated carbocycles. The first-order chi connectivity index (χ1) is 10.8. The van der Waals surface area contributed by atoms with Gasteiger partial charge in [0.1, 0.15) is 22.5 Å². The third kappa shape index (κ3) is 2.57. The van der Waals surface area contributed by atoms with Gasteiger partial charge in [-0.2, -0.15) is 14.9 Å². The molecule has 0 fully saturated rings. The summed E-state index contributed by atoms with van der Waals surface area (Å²) in [5.41, 5.74) is 3.05. The molecule has 0 spiro atoms. The lowest BCUT2D eigenvalue weighted by Crippen LogP contribution is -2.11. The molecule has 0 saturated heterocycles. The minimum Gasteiger partial charge on any atom is -0.496 e. The van der Waals surface area contributed by atoms with E-state index in [1.54, 1.807) is 11.6 Å². The lowest BCUT2D eigenvalue weighted by Gasteiger charge is -2.20. The molecule has 0 aliphatic rings. The van der Waals surface area contributed by atoms with E-state index in [1.165, 1.54) is 11.3 Å². The molecule has 0 N–H and O–H groups in total. The highest BCUT2D eigenvalue weighted by Gasteiger charge is 2.22. The molecule has 0 bridgehead atoms. The molecule has 1 aromatic carbocycles. The molecule has 0 aliphatic heterocycles. The Bertz CT molecular complexity index is 925. The third-order valence-electron chi connectivity index (χ3n) is 3.73. The van der Waals surface area contributed by atoms with E-state index in [-0.39, 0.29) is 5.41 Å². The topological polar surface area (TPSA) is 63.2 Å². The Morgan fingerprint density at radius 1 is 1.30 bits per heavy atom. The van der Waals surface area contributed by atoms with Crippen molar-refractivity contribution >= 4 is 16.3 Å². The van der Waals surface area contributed by atoms with Crippen LogP contribution >= 0.6 is 11.3 Å². The van der Waals surface area contributed by atoms with Crippen molar-refractivity contribution in [1.29, 1.82) is 5.26 Å². The van der Waals surface area contributed by atoms with Crippen LogP contribution < -0.4 is 4.74 Å². The van der Waals surface area contributed by atoms with Crippen LogP contribution in [-0.4, -0.2) is 21.7 Å². The number of nitriles is 1. The second-order valence-electron chi connectivity index (χ2n) is 6.40. The lowest BCUT2D eigenvalue weighted by molar-refractivity contribution is 0.415. The van der Waals surface area contributed by atoms with Gasteiger partial charge < -0.3 is 4.74 Å². The van der Waals surface area contributed by atoms with Gasteiger partial charge in [-0.3, -0.25) is 0 Å². The monoisotopic (exact) mass is 326 g/mol. The van der Waals surface area contributed by atoms with Gasteiger partial charge in [-0.05, 0) is 30.0 Å². The third-order valence-corrected chi connectivity index (χ3v) is 4.55. The number of rotatable bonds is 2. The van der Waals surface area contributed by atoms with Crippen LogP contribution in [0.3, 0.4) is 0 Å². The van der Waals surface area contributed by atoms with Crippen LogP contribution in [0.2, 0.25) is 0 Å². The fraction of sp³-hybridized carbons (Fsp3) is 0.353. The maximum atomic E-state index is 9.58. The first-order valence-corrected chi connectivity index (χ1v) is 8.12. The van der Waals surface area contributed by atoms with Crippen molar-refractivity contribution in [3.8, 4) is 23.1 Å². The number of methoxy groups -OCH3 is 1. The Morgan fingerprint density at radius 3 is 2.65 bits per heavy atom. The number of nitrogens with zero attached hydrogens (tertiary/aromatic N) is 4. The second kappa shape index (κ2) is 5.36. The Hall–Kier alpha value is -2.39. The molecule has 0 amide bonds. The zero-order valence-corrected chi connectivity index (χ0v) is 14.7. The van der Waals surface area contributed by atoms with Gasteiger partial charge in [0.15, 0.2) is 5.69 Å². The van der Waals surface area contributed by atoms with E-state index >= 15 is 0 Å². The molecule has 118 valence electrons. The Morgan fingerprint density at radius 2 is 2.04 bits per heavy atom. The largest absolute Gasteiger partial charge is 0.496 e. The van der Waals surface area contributed by atoms with Gasteiger partial charge in [-0.25, -0.2) is 4.98 Å². The molecule has 0 atom stereocenters. The summed E-state index contributed by atoms with van der Waals surface area (Å²) in [5, 5.41) is 14.8. The normalized spacial score (nSPS) is 11.7. The van der Waals surface area contributed by atoms with E-state index < -0.39 is 0 Å². The number of benzene rings is 1. The number of fused-ring (bicyclic) bond motifs is 1. The summed E-state index contributed by atoms with van der Waals surface area (Å²) in [6.07, 6.45) is 0. The minimum absolute atomic E-state index is 0.000215. The lowest BCUT2D eigenvalue weighted by atomic mass is 9.85. The highest BCUT2D eigenvalue weighted by molar-refractivity contribution is 7.16. The predicted molar refractivity (Wildman–Crippen MR) is 91.0 cm³/mol. The highest BCUT2D eigenvalue weighted by atomic mass is 32.1. The van der Waals surface area contributed by atoms with Gasteiger partial charge in [0, 0.05) is 5.56 Å². The zero-order valence-electron chi connectivity index (χ0n) is 13.8. The first kappa shape index (κ1) is 15.5. The van der Waals surface area contributed by atoms with Gasteiger partial charge in [0.2, 0.25) is 4.96 Å². The molecular formula is C17H18N4OS. The molecule has 2 heterocycles. The summed E-state index contributed by atoms with van der Waals surface area (Å²) in [5.74, 6) is 0.706. The summed E-state index contributed by atoms with van der Waals surface area (Å²) in [6.45, 7) is 8.36. The Balaban J connectivity index is 2.29. The van der Waals surface area contributed by atoms with Crippen molar-refractivity contribution < 1.29 is 4.74 Å². The van der Waals surface area contributed by atoms with E-state index in [2.05, 4.69) is 49.1 Å². The van der Waals surface area contributed by atoms with Crippen molar-refractivity contribution in [2.45, 2.75) is 33.1 Å². The summed E-state index contributed by atoms with van der Waals surface area (Å²) < 4.78 is 7.10. The maximum absolute atomic E-state index is 9.58. The van der Waals surface area contributed by atoms with E-state index in [0.717, 1.165) is 21.1 Å². The molecule has 3 aromatic rings. The van der Waals surface area contributed by atoms with Gasteiger partial charge in [-0.15, -0.1) is 0 Å². The van der Waals surface area contributed by atoms with Crippen LogP contribution in [-0.2, 0) is 5.41 Å². The Labute approximate surface area is 139 Å². The number of imidazole rings is 1. The summed E-state index contributed by atoms with van der Waals surface area (Å²) in [4.78, 5) is 5.34. The van der Waals surface area contributed by atoms with Crippen molar-refractivity contribution in [3.05, 3.63) is 34.5 Å². The van der Waals surface area contributed by atoms with Crippen LogP contribution in [0.25, 0.3) is 16.2 Å². The molecule has 6 heteroatoms. The first-order valence-electron chi connectivity index (χ1n) is 7.30. The molecule has 3 rings (SSSR count). The average Bonchev–Trinajstić information content (AvgIpc) is 3.00. The van der Waals surface area contributed by atoms with Crippen LogP contribution in [0.1, 0.15) is 37.0 Å². The smallest absolute Gasteiger partial charge is 0.213 e. The molecule has 0 radical (unpaired) electrons. The summed E-state index contributed by atoms with van der Waals surface area (Å²) in [6, 6.07) is 8.27. The van der Waals surface area contributed by atoms with Crippen LogP contribution in [0.5, 0.6) is 5.75 Å². The van der Waals surface area contributed by atoms with E-state index in [9.17, 15) is 5.26 Å². The summed E-state index contributed by atoms with van der Waals surface area (Å²) >= 11 is 1.47. The fourth-order valence-corrected chi connectivity index (χ4v) is 3.23. The molecular weight excluding hydrogens is 308 g/mol. The van der Waals surface area contributed by atoms with Gasteiger partial charge >= 0.3 is 0 Å². The number of hydrogen-bond donors (Lipinski definition) is 0. The fourth-order valence-electron chi connectivity index (χ4n) is 2.49. The quantitative estimate of drug-likeness (QED) is 0.715. The van der Waals surface area contributed by atoms with E-state index in [4.69, 9.17) is 4.74 Å². The van der Waals surface area contributed by atoms with Crippen LogP contribution in [0.4, 0.5) is 0 Å². The zero-order chi connectivity index (χ0) is 16.8. The predicted octanol–water partition coefficient (Wildman–Crippen LogP) is 3.94. The second-order valence-corrected chi connectivity index (χ2v) is 7.56. The van der Waals surface area contributed by atoms with E-state index in [1.807, 2.05) is 13.0 Å². The number of aryl methyl sites for hydroxylation is 1. The van der Waals surface area contributed by atoms with E-state index in [0.29, 0.717) is 17.1 Å². The van der Waals surface area contributed by atoms with Crippen molar-refractivity contribution in [2.75, 3.05) is 7.11 Å². The van der Waals surface area contributed by atoms with Crippen LogP contribution in [0, 0.1) is 18.3 Å². The van der Waals surface area contributed by atoms with Crippen molar-refractivity contribution in [2.24, 2.45) is 0 Å². The molecule has 23 heavy (non-hydrogen) atoms. The molecule has 5 nitrogen and oxygen atoms in total. The standard InChI is InChI=1S/C17H18N4OS/c1-10-20-21-13(9-18)15(19-16(21)23-10)12-8-11(17(2,3)4)6-7-14(12)22-5/h6-8H,1-5H3. The SMILES string of the molecule is COc1ccc(C(C)(C)C)cc1-c1nc2sc(C)nn2c1C#N. The molecule has 2 aromatic heterocycles. The number of ether oxygens (including phenoxy) is 1.